The molecule has 0 radical (unpaired) electrons. The van der Waals surface area contributed by atoms with Crippen LogP contribution >= 0.6 is 0 Å². The smallest absolute Gasteiger partial charge is 0.201 e. The molecule has 0 saturated carbocycles. The molecule has 1 heterocycles. The maximum absolute atomic E-state index is 2.35. The maximum Gasteiger partial charge on any atom is 0.213 e. The summed E-state index contributed by atoms with van der Waals surface area (Å²) in [7, 11) is 2.17. The van der Waals surface area contributed by atoms with E-state index in [2.05, 4.69) is 101 Å². The fourth-order valence-electron chi connectivity index (χ4n) is 4.46. The number of aryl methyl sites for hydroxylation is 2. The molecule has 4 rings (SSSR count). The third-order valence-corrected chi connectivity index (χ3v) is 6.04. The lowest BCUT2D eigenvalue weighted by Gasteiger charge is -2.22. The van der Waals surface area contributed by atoms with Crippen molar-refractivity contribution in [1.29, 1.82) is 0 Å². The van der Waals surface area contributed by atoms with Crippen molar-refractivity contribution in [3.8, 4) is 22.4 Å². The third-order valence-electron chi connectivity index (χ3n) is 6.04. The highest BCUT2D eigenvalue weighted by Crippen LogP contribution is 2.52. The molecule has 0 amide bonds. The molecule has 2 aromatic carbocycles. The van der Waals surface area contributed by atoms with E-state index in [1.165, 1.54) is 44.6 Å². The highest BCUT2D eigenvalue weighted by atomic mass is 14.9. The Hall–Kier alpha value is -2.41. The van der Waals surface area contributed by atoms with Crippen molar-refractivity contribution >= 4 is 0 Å². The summed E-state index contributed by atoms with van der Waals surface area (Å²) in [6.07, 6.45) is 2.28. The molecule has 0 saturated heterocycles. The Bertz CT molecular complexity index is 1010. The van der Waals surface area contributed by atoms with Gasteiger partial charge < -0.3 is 0 Å². The molecular weight excluding hydrogens is 314 g/mol. The average molecular weight is 343 g/mol. The zero-order valence-corrected chi connectivity index (χ0v) is 16.7. The Morgan fingerprint density at radius 1 is 0.846 bits per heavy atom. The van der Waals surface area contributed by atoms with Crippen LogP contribution in [0.4, 0.5) is 0 Å². The van der Waals surface area contributed by atoms with Crippen molar-refractivity contribution in [2.75, 3.05) is 0 Å². The molecule has 0 unspecified atom stereocenters. The predicted molar refractivity (Wildman–Crippen MR) is 109 cm³/mol. The molecule has 1 aromatic heterocycles. The van der Waals surface area contributed by atoms with E-state index < -0.39 is 0 Å². The number of hydrogen-bond donors (Lipinski definition) is 0. The van der Waals surface area contributed by atoms with Gasteiger partial charge in [0.1, 0.15) is 7.05 Å². The van der Waals surface area contributed by atoms with E-state index in [-0.39, 0.29) is 5.41 Å². The molecule has 0 atom stereocenters. The van der Waals surface area contributed by atoms with Crippen molar-refractivity contribution in [3.63, 3.8) is 0 Å². The first-order valence-electron chi connectivity index (χ1n) is 9.56. The van der Waals surface area contributed by atoms with Gasteiger partial charge in [-0.05, 0) is 41.2 Å². The summed E-state index contributed by atoms with van der Waals surface area (Å²) in [5, 5.41) is 0. The van der Waals surface area contributed by atoms with E-state index in [0.717, 1.165) is 0 Å². The molecule has 132 valence electrons. The Morgan fingerprint density at radius 2 is 1.58 bits per heavy atom. The molecule has 1 aliphatic rings. The van der Waals surface area contributed by atoms with Crippen LogP contribution in [0.15, 0.2) is 54.7 Å². The lowest BCUT2D eigenvalue weighted by Crippen LogP contribution is -2.31. The van der Waals surface area contributed by atoms with E-state index in [4.69, 9.17) is 0 Å². The second-order valence-electron chi connectivity index (χ2n) is 8.46. The van der Waals surface area contributed by atoms with E-state index in [1.807, 2.05) is 0 Å². The van der Waals surface area contributed by atoms with Gasteiger partial charge in [0.05, 0.1) is 5.56 Å². The van der Waals surface area contributed by atoms with Crippen LogP contribution in [-0.4, -0.2) is 0 Å². The zero-order valence-electron chi connectivity index (χ0n) is 16.7. The minimum atomic E-state index is 0.0464. The van der Waals surface area contributed by atoms with Crippen molar-refractivity contribution in [3.05, 3.63) is 77.0 Å². The number of benzene rings is 2. The highest BCUT2D eigenvalue weighted by molar-refractivity contribution is 5.92. The summed E-state index contributed by atoms with van der Waals surface area (Å²) in [5.74, 6) is 0.539. The Labute approximate surface area is 157 Å². The summed E-state index contributed by atoms with van der Waals surface area (Å²) >= 11 is 0. The second kappa shape index (κ2) is 5.81. The van der Waals surface area contributed by atoms with Crippen LogP contribution in [-0.2, 0) is 12.5 Å². The number of hydrogen-bond acceptors (Lipinski definition) is 0. The zero-order chi connectivity index (χ0) is 18.6. The molecule has 0 N–H and O–H groups in total. The molecule has 0 aliphatic heterocycles. The van der Waals surface area contributed by atoms with Crippen LogP contribution in [0.3, 0.4) is 0 Å². The van der Waals surface area contributed by atoms with E-state index in [9.17, 15) is 0 Å². The molecule has 1 aliphatic carbocycles. The van der Waals surface area contributed by atoms with Crippen LogP contribution in [0.1, 0.15) is 55.9 Å². The predicted octanol–water partition coefficient (Wildman–Crippen LogP) is 5.92. The molecule has 0 bridgehead atoms. The van der Waals surface area contributed by atoms with Gasteiger partial charge in [-0.25, -0.2) is 4.57 Å². The first-order valence-corrected chi connectivity index (χ1v) is 9.56. The fraction of sp³-hybridized carbons (Fsp3) is 0.320. The maximum atomic E-state index is 2.35. The van der Waals surface area contributed by atoms with Gasteiger partial charge in [0.15, 0.2) is 6.20 Å². The van der Waals surface area contributed by atoms with E-state index in [0.29, 0.717) is 5.92 Å². The minimum Gasteiger partial charge on any atom is -0.201 e. The van der Waals surface area contributed by atoms with Crippen molar-refractivity contribution < 1.29 is 4.57 Å². The average Bonchev–Trinajstić information content (AvgIpc) is 2.83. The van der Waals surface area contributed by atoms with Gasteiger partial charge in [0.2, 0.25) is 5.69 Å². The van der Waals surface area contributed by atoms with Crippen molar-refractivity contribution in [2.45, 2.75) is 46.0 Å². The van der Waals surface area contributed by atoms with Crippen LogP contribution in [0.5, 0.6) is 0 Å². The SMILES string of the molecule is Cc1ccc2c(c1-c1ccc(C(C)C)c[n+]1C)-c1ccccc1C2(C)C. The molecule has 0 fully saturated rings. The molecule has 1 nitrogen and oxygen atoms in total. The van der Waals surface area contributed by atoms with Crippen LogP contribution in [0.25, 0.3) is 22.4 Å². The van der Waals surface area contributed by atoms with E-state index >= 15 is 0 Å². The molecular formula is C25H28N+. The van der Waals surface area contributed by atoms with Gasteiger partial charge >= 0.3 is 0 Å². The van der Waals surface area contributed by atoms with Gasteiger partial charge in [0.25, 0.3) is 0 Å². The largest absolute Gasteiger partial charge is 0.213 e. The fourth-order valence-corrected chi connectivity index (χ4v) is 4.46. The highest BCUT2D eigenvalue weighted by Gasteiger charge is 2.38. The lowest BCUT2D eigenvalue weighted by atomic mass is 9.81. The summed E-state index contributed by atoms with van der Waals surface area (Å²) < 4.78 is 2.30. The Morgan fingerprint density at radius 3 is 2.27 bits per heavy atom. The normalized spacial score (nSPS) is 14.4. The number of nitrogens with zero attached hydrogens (tertiary/aromatic N) is 1. The minimum absolute atomic E-state index is 0.0464. The van der Waals surface area contributed by atoms with Crippen LogP contribution in [0.2, 0.25) is 0 Å². The van der Waals surface area contributed by atoms with Gasteiger partial charge in [-0.1, -0.05) is 64.1 Å². The third kappa shape index (κ3) is 2.34. The quantitative estimate of drug-likeness (QED) is 0.509. The molecule has 3 aromatic rings. The van der Waals surface area contributed by atoms with Gasteiger partial charge in [-0.15, -0.1) is 0 Å². The summed E-state index contributed by atoms with van der Waals surface area (Å²) in [4.78, 5) is 0. The topological polar surface area (TPSA) is 3.88 Å². The van der Waals surface area contributed by atoms with Gasteiger partial charge in [-0.3, -0.25) is 0 Å². The number of rotatable bonds is 2. The molecule has 26 heavy (non-hydrogen) atoms. The first-order chi connectivity index (χ1) is 12.3. The first kappa shape index (κ1) is 17.0. The summed E-state index contributed by atoms with van der Waals surface area (Å²) in [5.41, 5.74) is 11.1. The Kier molecular flexibility index (Phi) is 3.80. The Balaban J connectivity index is 2.04. The van der Waals surface area contributed by atoms with Gasteiger partial charge in [-0.2, -0.15) is 0 Å². The number of aromatic nitrogens is 1. The van der Waals surface area contributed by atoms with Crippen LogP contribution in [0, 0.1) is 6.92 Å². The monoisotopic (exact) mass is 342 g/mol. The second-order valence-corrected chi connectivity index (χ2v) is 8.46. The lowest BCUT2D eigenvalue weighted by molar-refractivity contribution is -0.660. The molecule has 0 spiro atoms. The van der Waals surface area contributed by atoms with Gasteiger partial charge in [0, 0.05) is 22.6 Å². The van der Waals surface area contributed by atoms with Crippen molar-refractivity contribution in [2.24, 2.45) is 7.05 Å². The van der Waals surface area contributed by atoms with Crippen LogP contribution < -0.4 is 4.57 Å². The standard InChI is InChI=1S/C25H28N/c1-16(2)18-12-14-22(26(6)15-18)23-17(3)11-13-21-24(23)19-9-7-8-10-20(19)25(21,4)5/h7-16H,1-6H3/q+1. The number of pyridine rings is 1. The summed E-state index contributed by atoms with van der Waals surface area (Å²) in [6.45, 7) is 11.4. The summed E-state index contributed by atoms with van der Waals surface area (Å²) in [6, 6.07) is 18.1. The molecule has 1 heteroatoms. The van der Waals surface area contributed by atoms with Crippen molar-refractivity contribution in [1.82, 2.24) is 0 Å². The van der Waals surface area contributed by atoms with E-state index in [1.54, 1.807) is 0 Å². The number of fused-ring (bicyclic) bond motifs is 3.